The van der Waals surface area contributed by atoms with Gasteiger partial charge in [0.25, 0.3) is 0 Å². The molecule has 0 saturated carbocycles. The van der Waals surface area contributed by atoms with Crippen LogP contribution < -0.4 is 5.73 Å². The summed E-state index contributed by atoms with van der Waals surface area (Å²) in [5.74, 6) is 0. The van der Waals surface area contributed by atoms with E-state index in [-0.39, 0.29) is 0 Å². The van der Waals surface area contributed by atoms with Gasteiger partial charge in [-0.3, -0.25) is 0 Å². The summed E-state index contributed by atoms with van der Waals surface area (Å²) in [6.07, 6.45) is 2.16. The second-order valence-electron chi connectivity index (χ2n) is 2.71. The molecule has 0 fully saturated rings. The van der Waals surface area contributed by atoms with Gasteiger partial charge in [-0.2, -0.15) is 0 Å². The quantitative estimate of drug-likeness (QED) is 0.855. The summed E-state index contributed by atoms with van der Waals surface area (Å²) in [6.45, 7) is 2.04. The first-order valence-electron chi connectivity index (χ1n) is 3.67. The molecule has 0 aromatic carbocycles. The second kappa shape index (κ2) is 4.24. The van der Waals surface area contributed by atoms with E-state index in [9.17, 15) is 0 Å². The molecule has 1 atom stereocenters. The van der Waals surface area contributed by atoms with Gasteiger partial charge in [0.15, 0.2) is 0 Å². The van der Waals surface area contributed by atoms with Crippen molar-refractivity contribution < 1.29 is 0 Å². The van der Waals surface area contributed by atoms with Gasteiger partial charge in [0.05, 0.1) is 0 Å². The maximum Gasteiger partial charge on any atom is 0.0314 e. The van der Waals surface area contributed by atoms with Gasteiger partial charge in [-0.25, -0.2) is 0 Å². The minimum atomic E-state index is 0.309. The van der Waals surface area contributed by atoms with Gasteiger partial charge in [-0.15, -0.1) is 11.3 Å². The van der Waals surface area contributed by atoms with Crippen molar-refractivity contribution in [2.45, 2.75) is 25.8 Å². The Kier molecular flexibility index (Phi) is 3.55. The fraction of sp³-hybridized carbons (Fsp3) is 0.500. The highest BCUT2D eigenvalue weighted by atomic mass is 79.9. The van der Waals surface area contributed by atoms with Crippen molar-refractivity contribution in [3.63, 3.8) is 0 Å². The molecule has 0 bridgehead atoms. The molecule has 0 spiro atoms. The van der Waals surface area contributed by atoms with Crippen LogP contribution in [0.3, 0.4) is 0 Å². The lowest BCUT2D eigenvalue weighted by Gasteiger charge is -2.02. The summed E-state index contributed by atoms with van der Waals surface area (Å²) in [5, 5.41) is 2.10. The zero-order valence-electron chi connectivity index (χ0n) is 6.51. The monoisotopic (exact) mass is 233 g/mol. The van der Waals surface area contributed by atoms with Crippen molar-refractivity contribution >= 4 is 27.3 Å². The topological polar surface area (TPSA) is 26.0 Å². The molecule has 1 heterocycles. The lowest BCUT2D eigenvalue weighted by Crippen LogP contribution is -2.15. The smallest absolute Gasteiger partial charge is 0.0314 e. The minimum absolute atomic E-state index is 0.309. The van der Waals surface area contributed by atoms with Gasteiger partial charge in [0.1, 0.15) is 0 Å². The zero-order valence-corrected chi connectivity index (χ0v) is 8.91. The first-order chi connectivity index (χ1) is 5.20. The van der Waals surface area contributed by atoms with Gasteiger partial charge in [0, 0.05) is 15.4 Å². The Morgan fingerprint density at radius 2 is 2.45 bits per heavy atom. The Morgan fingerprint density at radius 3 is 2.91 bits per heavy atom. The number of aryl methyl sites for hydroxylation is 1. The van der Waals surface area contributed by atoms with Crippen LogP contribution in [0.1, 0.15) is 18.2 Å². The number of hydrogen-bond acceptors (Lipinski definition) is 2. The third-order valence-corrected chi connectivity index (χ3v) is 3.50. The largest absolute Gasteiger partial charge is 0.328 e. The highest BCUT2D eigenvalue weighted by Crippen LogP contribution is 2.23. The third-order valence-electron chi connectivity index (χ3n) is 1.52. The molecule has 0 aliphatic carbocycles. The molecule has 0 aliphatic rings. The van der Waals surface area contributed by atoms with Crippen LogP contribution in [-0.2, 0) is 6.42 Å². The average Bonchev–Trinajstić information content (AvgIpc) is 2.31. The molecule has 0 aliphatic heterocycles. The Bertz CT molecular complexity index is 220. The fourth-order valence-corrected chi connectivity index (χ4v) is 2.43. The van der Waals surface area contributed by atoms with Crippen molar-refractivity contribution in [2.24, 2.45) is 5.73 Å². The number of thiophene rings is 1. The molecule has 62 valence electrons. The Hall–Kier alpha value is 0.140. The molecule has 0 saturated heterocycles. The van der Waals surface area contributed by atoms with Crippen molar-refractivity contribution in [1.82, 2.24) is 0 Å². The van der Waals surface area contributed by atoms with E-state index >= 15 is 0 Å². The lowest BCUT2D eigenvalue weighted by atomic mass is 10.2. The van der Waals surface area contributed by atoms with Crippen LogP contribution >= 0.6 is 27.3 Å². The summed E-state index contributed by atoms with van der Waals surface area (Å²) in [4.78, 5) is 1.40. The van der Waals surface area contributed by atoms with E-state index in [1.165, 1.54) is 9.35 Å². The predicted molar refractivity (Wildman–Crippen MR) is 54.0 cm³/mol. The van der Waals surface area contributed by atoms with Crippen LogP contribution in [0.5, 0.6) is 0 Å². The summed E-state index contributed by atoms with van der Waals surface area (Å²) in [7, 11) is 0. The van der Waals surface area contributed by atoms with Gasteiger partial charge in [-0.05, 0) is 47.1 Å². The summed E-state index contributed by atoms with van der Waals surface area (Å²) >= 11 is 5.28. The molecule has 1 unspecified atom stereocenters. The zero-order chi connectivity index (χ0) is 8.27. The van der Waals surface area contributed by atoms with Crippen LogP contribution in [0.4, 0.5) is 0 Å². The SMILES string of the molecule is CC(N)CCc1sccc1Br. The number of hydrogen-bond donors (Lipinski definition) is 1. The van der Waals surface area contributed by atoms with Gasteiger partial charge >= 0.3 is 0 Å². The Balaban J connectivity index is 2.44. The molecule has 1 aromatic heterocycles. The van der Waals surface area contributed by atoms with Crippen LogP contribution in [0.2, 0.25) is 0 Å². The number of halogens is 1. The lowest BCUT2D eigenvalue weighted by molar-refractivity contribution is 0.669. The molecular weight excluding hydrogens is 222 g/mol. The van der Waals surface area contributed by atoms with Crippen LogP contribution in [-0.4, -0.2) is 6.04 Å². The normalized spacial score (nSPS) is 13.4. The summed E-state index contributed by atoms with van der Waals surface area (Å²) in [5.41, 5.74) is 5.65. The Morgan fingerprint density at radius 1 is 1.73 bits per heavy atom. The molecule has 1 rings (SSSR count). The van der Waals surface area contributed by atoms with E-state index in [0.717, 1.165) is 12.8 Å². The maximum atomic E-state index is 5.65. The predicted octanol–water partition coefficient (Wildman–Crippen LogP) is 2.79. The van der Waals surface area contributed by atoms with E-state index in [2.05, 4.69) is 27.4 Å². The van der Waals surface area contributed by atoms with Crippen LogP contribution in [0.15, 0.2) is 15.9 Å². The first-order valence-corrected chi connectivity index (χ1v) is 5.35. The summed E-state index contributed by atoms with van der Waals surface area (Å²) in [6, 6.07) is 2.39. The van der Waals surface area contributed by atoms with Crippen molar-refractivity contribution in [2.75, 3.05) is 0 Å². The molecule has 1 aromatic rings. The molecule has 2 N–H and O–H groups in total. The van der Waals surface area contributed by atoms with E-state index in [4.69, 9.17) is 5.73 Å². The molecule has 1 nitrogen and oxygen atoms in total. The second-order valence-corrected chi connectivity index (χ2v) is 4.56. The highest BCUT2D eigenvalue weighted by Gasteiger charge is 2.01. The Labute approximate surface area is 79.7 Å². The van der Waals surface area contributed by atoms with Crippen molar-refractivity contribution in [3.05, 3.63) is 20.8 Å². The molecular formula is C8H12BrNS. The van der Waals surface area contributed by atoms with Gasteiger partial charge < -0.3 is 5.73 Å². The third kappa shape index (κ3) is 2.93. The molecule has 0 amide bonds. The molecule has 0 radical (unpaired) electrons. The van der Waals surface area contributed by atoms with E-state index < -0.39 is 0 Å². The standard InChI is InChI=1S/C8H12BrNS/c1-6(10)2-3-8-7(9)4-5-11-8/h4-6H,2-3,10H2,1H3. The average molecular weight is 234 g/mol. The van der Waals surface area contributed by atoms with Gasteiger partial charge in [0.2, 0.25) is 0 Å². The summed E-state index contributed by atoms with van der Waals surface area (Å²) < 4.78 is 1.23. The van der Waals surface area contributed by atoms with Crippen molar-refractivity contribution in [3.8, 4) is 0 Å². The first kappa shape index (κ1) is 9.23. The van der Waals surface area contributed by atoms with E-state index in [0.29, 0.717) is 6.04 Å². The van der Waals surface area contributed by atoms with Crippen LogP contribution in [0.25, 0.3) is 0 Å². The van der Waals surface area contributed by atoms with Gasteiger partial charge in [-0.1, -0.05) is 0 Å². The fourth-order valence-electron chi connectivity index (χ4n) is 0.862. The molecule has 3 heteroatoms. The number of rotatable bonds is 3. The molecule has 11 heavy (non-hydrogen) atoms. The number of nitrogens with two attached hydrogens (primary N) is 1. The minimum Gasteiger partial charge on any atom is -0.328 e. The maximum absolute atomic E-state index is 5.65. The van der Waals surface area contributed by atoms with E-state index in [1.807, 2.05) is 6.92 Å². The van der Waals surface area contributed by atoms with Crippen molar-refractivity contribution in [1.29, 1.82) is 0 Å². The van der Waals surface area contributed by atoms with Crippen LogP contribution in [0, 0.1) is 0 Å². The van der Waals surface area contributed by atoms with E-state index in [1.54, 1.807) is 11.3 Å². The highest BCUT2D eigenvalue weighted by molar-refractivity contribution is 9.10.